The Bertz CT molecular complexity index is 662. The SMILES string of the molecule is CS(=O)(=O)CC1(COc2ccc(C3CCC(=O)N3)cc2)CC1. The van der Waals surface area contributed by atoms with Crippen LogP contribution in [0.3, 0.4) is 0 Å². The predicted molar refractivity (Wildman–Crippen MR) is 83.4 cm³/mol. The van der Waals surface area contributed by atoms with Crippen molar-refractivity contribution in [2.45, 2.75) is 31.7 Å². The molecule has 1 aromatic carbocycles. The number of benzene rings is 1. The molecule has 1 heterocycles. The van der Waals surface area contributed by atoms with Gasteiger partial charge in [-0.15, -0.1) is 0 Å². The molecule has 1 amide bonds. The highest BCUT2D eigenvalue weighted by atomic mass is 32.2. The van der Waals surface area contributed by atoms with Crippen LogP contribution in [0.5, 0.6) is 5.75 Å². The van der Waals surface area contributed by atoms with Gasteiger partial charge >= 0.3 is 0 Å². The summed E-state index contributed by atoms with van der Waals surface area (Å²) in [6, 6.07) is 7.79. The lowest BCUT2D eigenvalue weighted by Gasteiger charge is -2.16. The third kappa shape index (κ3) is 3.80. The fourth-order valence-corrected chi connectivity index (χ4v) is 4.44. The summed E-state index contributed by atoms with van der Waals surface area (Å²) in [5, 5.41) is 2.94. The van der Waals surface area contributed by atoms with Crippen molar-refractivity contribution < 1.29 is 17.9 Å². The summed E-state index contributed by atoms with van der Waals surface area (Å²) in [7, 11) is -2.97. The maximum atomic E-state index is 11.4. The van der Waals surface area contributed by atoms with Gasteiger partial charge in [-0.1, -0.05) is 12.1 Å². The van der Waals surface area contributed by atoms with Crippen molar-refractivity contribution in [2.24, 2.45) is 5.41 Å². The van der Waals surface area contributed by atoms with Gasteiger partial charge in [0.15, 0.2) is 0 Å². The molecule has 1 unspecified atom stereocenters. The summed E-state index contributed by atoms with van der Waals surface area (Å²) in [5.41, 5.74) is 0.890. The van der Waals surface area contributed by atoms with Crippen LogP contribution in [0.4, 0.5) is 0 Å². The highest BCUT2D eigenvalue weighted by molar-refractivity contribution is 7.90. The number of carbonyl (C=O) groups excluding carboxylic acids is 1. The highest BCUT2D eigenvalue weighted by Gasteiger charge is 2.46. The summed E-state index contributed by atoms with van der Waals surface area (Å²) in [6.07, 6.45) is 4.50. The van der Waals surface area contributed by atoms with Crippen LogP contribution in [-0.2, 0) is 14.6 Å². The van der Waals surface area contributed by atoms with Crippen LogP contribution in [0, 0.1) is 5.41 Å². The molecular weight excluding hydrogens is 302 g/mol. The number of ether oxygens (including phenoxy) is 1. The van der Waals surface area contributed by atoms with Crippen LogP contribution in [0.15, 0.2) is 24.3 Å². The van der Waals surface area contributed by atoms with E-state index >= 15 is 0 Å². The van der Waals surface area contributed by atoms with Gasteiger partial charge in [-0.05, 0) is 37.0 Å². The molecule has 1 saturated carbocycles. The van der Waals surface area contributed by atoms with Crippen molar-refractivity contribution in [1.82, 2.24) is 5.32 Å². The van der Waals surface area contributed by atoms with E-state index in [1.807, 2.05) is 24.3 Å². The van der Waals surface area contributed by atoms with E-state index in [-0.39, 0.29) is 23.1 Å². The molecule has 1 N–H and O–H groups in total. The Labute approximate surface area is 131 Å². The molecule has 1 aliphatic heterocycles. The van der Waals surface area contributed by atoms with Gasteiger partial charge in [0.05, 0.1) is 18.4 Å². The molecule has 1 aromatic rings. The van der Waals surface area contributed by atoms with Gasteiger partial charge in [0.2, 0.25) is 5.91 Å². The topological polar surface area (TPSA) is 72.5 Å². The Morgan fingerprint density at radius 3 is 2.45 bits per heavy atom. The molecule has 1 saturated heterocycles. The zero-order valence-corrected chi connectivity index (χ0v) is 13.5. The molecule has 0 aromatic heterocycles. The zero-order chi connectivity index (χ0) is 15.8. The van der Waals surface area contributed by atoms with E-state index in [1.54, 1.807) is 0 Å². The summed E-state index contributed by atoms with van der Waals surface area (Å²) >= 11 is 0. The van der Waals surface area contributed by atoms with E-state index in [0.717, 1.165) is 30.6 Å². The van der Waals surface area contributed by atoms with Crippen molar-refractivity contribution in [3.8, 4) is 5.75 Å². The third-order valence-electron chi connectivity index (χ3n) is 4.35. The van der Waals surface area contributed by atoms with Gasteiger partial charge in [0.1, 0.15) is 15.6 Å². The first-order valence-corrected chi connectivity index (χ1v) is 9.61. The molecule has 2 fully saturated rings. The molecule has 1 atom stereocenters. The normalized spacial score (nSPS) is 23.1. The van der Waals surface area contributed by atoms with E-state index in [9.17, 15) is 13.2 Å². The lowest BCUT2D eigenvalue weighted by molar-refractivity contribution is -0.119. The van der Waals surface area contributed by atoms with Crippen molar-refractivity contribution in [1.29, 1.82) is 0 Å². The third-order valence-corrected chi connectivity index (χ3v) is 5.49. The van der Waals surface area contributed by atoms with E-state index in [0.29, 0.717) is 13.0 Å². The minimum absolute atomic E-state index is 0.0987. The Morgan fingerprint density at radius 2 is 1.95 bits per heavy atom. The van der Waals surface area contributed by atoms with Crippen molar-refractivity contribution >= 4 is 15.7 Å². The number of nitrogens with one attached hydrogen (secondary N) is 1. The Balaban J connectivity index is 1.57. The second-order valence-corrected chi connectivity index (χ2v) is 8.73. The van der Waals surface area contributed by atoms with Crippen molar-refractivity contribution in [2.75, 3.05) is 18.6 Å². The standard InChI is InChI=1S/C16H21NO4S/c1-22(19,20)11-16(8-9-16)10-21-13-4-2-12(3-5-13)14-6-7-15(18)17-14/h2-5,14H,6-11H2,1H3,(H,17,18). The number of sulfone groups is 1. The van der Waals surface area contributed by atoms with E-state index in [4.69, 9.17) is 4.74 Å². The van der Waals surface area contributed by atoms with E-state index in [2.05, 4.69) is 5.32 Å². The number of hydrogen-bond acceptors (Lipinski definition) is 4. The average Bonchev–Trinajstić information content (AvgIpc) is 3.05. The van der Waals surface area contributed by atoms with Gasteiger partial charge in [-0.3, -0.25) is 4.79 Å². The molecule has 6 heteroatoms. The molecule has 22 heavy (non-hydrogen) atoms. The molecule has 5 nitrogen and oxygen atoms in total. The molecule has 120 valence electrons. The Kier molecular flexibility index (Phi) is 3.89. The molecule has 2 aliphatic rings. The predicted octanol–water partition coefficient (Wildman–Crippen LogP) is 1.84. The first-order valence-electron chi connectivity index (χ1n) is 7.55. The van der Waals surface area contributed by atoms with Crippen LogP contribution in [0.25, 0.3) is 0 Å². The second kappa shape index (κ2) is 5.57. The van der Waals surface area contributed by atoms with Gasteiger partial charge in [0, 0.05) is 18.1 Å². The summed E-state index contributed by atoms with van der Waals surface area (Å²) in [5.74, 6) is 1.04. The summed E-state index contributed by atoms with van der Waals surface area (Å²) in [6.45, 7) is 0.444. The molecule has 0 bridgehead atoms. The first kappa shape index (κ1) is 15.3. The monoisotopic (exact) mass is 323 g/mol. The van der Waals surface area contributed by atoms with Crippen molar-refractivity contribution in [3.05, 3.63) is 29.8 Å². The van der Waals surface area contributed by atoms with Crippen LogP contribution >= 0.6 is 0 Å². The lowest BCUT2D eigenvalue weighted by atomic mass is 10.1. The highest BCUT2D eigenvalue weighted by Crippen LogP contribution is 2.47. The van der Waals surface area contributed by atoms with E-state index < -0.39 is 9.84 Å². The molecular formula is C16H21NO4S. The number of amides is 1. The van der Waals surface area contributed by atoms with Gasteiger partial charge in [0.25, 0.3) is 0 Å². The molecule has 0 radical (unpaired) electrons. The molecule has 3 rings (SSSR count). The van der Waals surface area contributed by atoms with Crippen LogP contribution < -0.4 is 10.1 Å². The average molecular weight is 323 g/mol. The second-order valence-electron chi connectivity index (χ2n) is 6.59. The maximum absolute atomic E-state index is 11.4. The fourth-order valence-electron chi connectivity index (χ4n) is 2.96. The van der Waals surface area contributed by atoms with E-state index in [1.165, 1.54) is 6.26 Å². The lowest BCUT2D eigenvalue weighted by Crippen LogP contribution is -2.22. The zero-order valence-electron chi connectivity index (χ0n) is 12.7. The first-order chi connectivity index (χ1) is 10.4. The number of rotatable bonds is 6. The van der Waals surface area contributed by atoms with Gasteiger partial charge in [-0.2, -0.15) is 0 Å². The van der Waals surface area contributed by atoms with Crippen LogP contribution in [0.2, 0.25) is 0 Å². The fraction of sp³-hybridized carbons (Fsp3) is 0.562. The van der Waals surface area contributed by atoms with Crippen molar-refractivity contribution in [3.63, 3.8) is 0 Å². The Hall–Kier alpha value is -1.56. The van der Waals surface area contributed by atoms with Crippen LogP contribution in [0.1, 0.15) is 37.3 Å². The van der Waals surface area contributed by atoms with Gasteiger partial charge in [-0.25, -0.2) is 8.42 Å². The maximum Gasteiger partial charge on any atom is 0.220 e. The Morgan fingerprint density at radius 1 is 1.27 bits per heavy atom. The quantitative estimate of drug-likeness (QED) is 0.867. The van der Waals surface area contributed by atoms with Crippen LogP contribution in [-0.4, -0.2) is 32.9 Å². The number of hydrogen-bond donors (Lipinski definition) is 1. The molecule has 0 spiro atoms. The molecule has 1 aliphatic carbocycles. The number of carbonyl (C=O) groups is 1. The smallest absolute Gasteiger partial charge is 0.220 e. The summed E-state index contributed by atoms with van der Waals surface area (Å²) < 4.78 is 28.6. The largest absolute Gasteiger partial charge is 0.493 e. The minimum Gasteiger partial charge on any atom is -0.493 e. The minimum atomic E-state index is -2.97. The van der Waals surface area contributed by atoms with Gasteiger partial charge < -0.3 is 10.1 Å². The summed E-state index contributed by atoms with van der Waals surface area (Å²) in [4.78, 5) is 11.2.